The van der Waals surface area contributed by atoms with E-state index in [9.17, 15) is 4.79 Å². The number of anilines is 2. The maximum Gasteiger partial charge on any atom is 0.238 e. The first-order valence-electron chi connectivity index (χ1n) is 8.60. The molecule has 1 N–H and O–H groups in total. The van der Waals surface area contributed by atoms with Gasteiger partial charge >= 0.3 is 0 Å². The molecule has 0 bridgehead atoms. The third-order valence-electron chi connectivity index (χ3n) is 4.07. The number of amides is 1. The number of carbonyl (C=O) groups is 1. The van der Waals surface area contributed by atoms with Crippen LogP contribution >= 0.6 is 0 Å². The van der Waals surface area contributed by atoms with E-state index in [0.717, 1.165) is 44.7 Å². The van der Waals surface area contributed by atoms with E-state index in [4.69, 9.17) is 0 Å². The topological polar surface area (TPSA) is 35.6 Å². The molecule has 4 heteroatoms. The van der Waals surface area contributed by atoms with Crippen molar-refractivity contribution in [2.24, 2.45) is 0 Å². The number of carbonyl (C=O) groups excluding carboxylic acids is 1. The van der Waals surface area contributed by atoms with Gasteiger partial charge in [-0.05, 0) is 63.0 Å². The number of rotatable bonds is 8. The van der Waals surface area contributed by atoms with E-state index in [0.29, 0.717) is 6.54 Å². The summed E-state index contributed by atoms with van der Waals surface area (Å²) in [5.74, 6) is 0.0795. The minimum atomic E-state index is 0.0795. The average Bonchev–Trinajstić information content (AvgIpc) is 3.03. The lowest BCUT2D eigenvalue weighted by atomic mass is 10.2. The predicted molar refractivity (Wildman–Crippen MR) is 93.5 cm³/mol. The molecule has 1 aliphatic rings. The zero-order valence-electron chi connectivity index (χ0n) is 14.0. The SMILES string of the molecule is CCCN(CCC)CC(=O)Nc1ccc(N2CCCC2)cc1. The normalized spacial score (nSPS) is 14.6. The second kappa shape index (κ2) is 8.79. The summed E-state index contributed by atoms with van der Waals surface area (Å²) >= 11 is 0. The van der Waals surface area contributed by atoms with Crippen LogP contribution in [0.2, 0.25) is 0 Å². The second-order valence-corrected chi connectivity index (χ2v) is 6.07. The molecule has 1 amide bonds. The van der Waals surface area contributed by atoms with Crippen molar-refractivity contribution in [3.63, 3.8) is 0 Å². The van der Waals surface area contributed by atoms with Gasteiger partial charge in [0.05, 0.1) is 6.54 Å². The van der Waals surface area contributed by atoms with Gasteiger partial charge in [0, 0.05) is 24.5 Å². The number of benzene rings is 1. The molecule has 0 spiro atoms. The Kier molecular flexibility index (Phi) is 6.72. The highest BCUT2D eigenvalue weighted by molar-refractivity contribution is 5.92. The molecule has 0 saturated carbocycles. The van der Waals surface area contributed by atoms with Crippen molar-refractivity contribution in [2.45, 2.75) is 39.5 Å². The lowest BCUT2D eigenvalue weighted by Gasteiger charge is -2.20. The quantitative estimate of drug-likeness (QED) is 0.800. The van der Waals surface area contributed by atoms with Crippen LogP contribution in [0.1, 0.15) is 39.5 Å². The molecule has 0 atom stereocenters. The van der Waals surface area contributed by atoms with Gasteiger partial charge in [-0.3, -0.25) is 9.69 Å². The number of hydrogen-bond donors (Lipinski definition) is 1. The molecule has 1 fully saturated rings. The number of nitrogens with zero attached hydrogens (tertiary/aromatic N) is 2. The van der Waals surface area contributed by atoms with Gasteiger partial charge in [0.25, 0.3) is 0 Å². The first-order valence-corrected chi connectivity index (χ1v) is 8.60. The molecule has 0 radical (unpaired) electrons. The highest BCUT2D eigenvalue weighted by Crippen LogP contribution is 2.21. The van der Waals surface area contributed by atoms with Gasteiger partial charge in [-0.1, -0.05) is 13.8 Å². The Balaban J connectivity index is 1.85. The predicted octanol–water partition coefficient (Wildman–Crippen LogP) is 3.35. The van der Waals surface area contributed by atoms with Crippen LogP contribution in [-0.4, -0.2) is 43.5 Å². The van der Waals surface area contributed by atoms with Crippen molar-refractivity contribution in [3.05, 3.63) is 24.3 Å². The van der Waals surface area contributed by atoms with E-state index in [1.165, 1.54) is 18.5 Å². The Labute approximate surface area is 134 Å². The van der Waals surface area contributed by atoms with Crippen LogP contribution in [0, 0.1) is 0 Å². The summed E-state index contributed by atoms with van der Waals surface area (Å²) in [6, 6.07) is 8.23. The lowest BCUT2D eigenvalue weighted by Crippen LogP contribution is -2.34. The van der Waals surface area contributed by atoms with Gasteiger partial charge in [-0.15, -0.1) is 0 Å². The minimum absolute atomic E-state index is 0.0795. The van der Waals surface area contributed by atoms with E-state index in [1.54, 1.807) is 0 Å². The Bertz CT molecular complexity index is 446. The van der Waals surface area contributed by atoms with Gasteiger partial charge in [0.2, 0.25) is 5.91 Å². The van der Waals surface area contributed by atoms with Crippen LogP contribution in [0.5, 0.6) is 0 Å². The smallest absolute Gasteiger partial charge is 0.238 e. The van der Waals surface area contributed by atoms with Crippen LogP contribution < -0.4 is 10.2 Å². The van der Waals surface area contributed by atoms with Gasteiger partial charge < -0.3 is 10.2 Å². The van der Waals surface area contributed by atoms with E-state index >= 15 is 0 Å². The molecule has 1 saturated heterocycles. The van der Waals surface area contributed by atoms with E-state index < -0.39 is 0 Å². The molecule has 0 unspecified atom stereocenters. The summed E-state index contributed by atoms with van der Waals surface area (Å²) in [7, 11) is 0. The highest BCUT2D eigenvalue weighted by Gasteiger charge is 2.13. The first-order chi connectivity index (χ1) is 10.7. The Morgan fingerprint density at radius 3 is 2.23 bits per heavy atom. The molecule has 1 aromatic rings. The maximum absolute atomic E-state index is 12.2. The highest BCUT2D eigenvalue weighted by atomic mass is 16.2. The van der Waals surface area contributed by atoms with E-state index in [-0.39, 0.29) is 5.91 Å². The molecule has 1 aromatic carbocycles. The summed E-state index contributed by atoms with van der Waals surface area (Å²) in [6.45, 7) is 9.04. The fraction of sp³-hybridized carbons (Fsp3) is 0.611. The fourth-order valence-electron chi connectivity index (χ4n) is 3.04. The zero-order chi connectivity index (χ0) is 15.8. The number of nitrogens with one attached hydrogen (secondary N) is 1. The first kappa shape index (κ1) is 16.8. The lowest BCUT2D eigenvalue weighted by molar-refractivity contribution is -0.117. The van der Waals surface area contributed by atoms with Crippen molar-refractivity contribution in [3.8, 4) is 0 Å². The molecule has 0 aliphatic carbocycles. The summed E-state index contributed by atoms with van der Waals surface area (Å²) in [5, 5.41) is 3.01. The maximum atomic E-state index is 12.2. The van der Waals surface area contributed by atoms with E-state index in [2.05, 4.69) is 41.1 Å². The third kappa shape index (κ3) is 5.02. The van der Waals surface area contributed by atoms with Gasteiger partial charge in [-0.2, -0.15) is 0 Å². The molecule has 4 nitrogen and oxygen atoms in total. The molecule has 122 valence electrons. The van der Waals surface area contributed by atoms with Gasteiger partial charge in [0.15, 0.2) is 0 Å². The van der Waals surface area contributed by atoms with Crippen molar-refractivity contribution < 1.29 is 4.79 Å². The summed E-state index contributed by atoms with van der Waals surface area (Å²) in [4.78, 5) is 16.8. The fourth-order valence-corrected chi connectivity index (χ4v) is 3.04. The van der Waals surface area contributed by atoms with E-state index in [1.807, 2.05) is 12.1 Å². The molecule has 22 heavy (non-hydrogen) atoms. The average molecular weight is 303 g/mol. The van der Waals surface area contributed by atoms with Crippen molar-refractivity contribution in [2.75, 3.05) is 42.9 Å². The van der Waals surface area contributed by atoms with Crippen LogP contribution in [0.4, 0.5) is 11.4 Å². The second-order valence-electron chi connectivity index (χ2n) is 6.07. The Morgan fingerprint density at radius 1 is 1.09 bits per heavy atom. The third-order valence-corrected chi connectivity index (χ3v) is 4.07. The van der Waals surface area contributed by atoms with Crippen molar-refractivity contribution in [1.29, 1.82) is 0 Å². The summed E-state index contributed by atoms with van der Waals surface area (Å²) < 4.78 is 0. The van der Waals surface area contributed by atoms with Crippen molar-refractivity contribution >= 4 is 17.3 Å². The molecule has 0 aromatic heterocycles. The van der Waals surface area contributed by atoms with Gasteiger partial charge in [-0.25, -0.2) is 0 Å². The summed E-state index contributed by atoms with van der Waals surface area (Å²) in [6.07, 6.45) is 4.72. The van der Waals surface area contributed by atoms with Crippen LogP contribution in [0.3, 0.4) is 0 Å². The summed E-state index contributed by atoms with van der Waals surface area (Å²) in [5.41, 5.74) is 2.15. The molecule has 1 aliphatic heterocycles. The monoisotopic (exact) mass is 303 g/mol. The van der Waals surface area contributed by atoms with Crippen molar-refractivity contribution in [1.82, 2.24) is 4.90 Å². The number of hydrogen-bond acceptors (Lipinski definition) is 3. The minimum Gasteiger partial charge on any atom is -0.372 e. The van der Waals surface area contributed by atoms with Crippen LogP contribution in [-0.2, 0) is 4.79 Å². The molecule has 2 rings (SSSR count). The standard InChI is InChI=1S/C18H29N3O/c1-3-11-20(12-4-2)15-18(22)19-16-7-9-17(10-8-16)21-13-5-6-14-21/h7-10H,3-6,11-15H2,1-2H3,(H,19,22). The Morgan fingerprint density at radius 2 is 1.68 bits per heavy atom. The molecule has 1 heterocycles. The van der Waals surface area contributed by atoms with Crippen LogP contribution in [0.25, 0.3) is 0 Å². The Hall–Kier alpha value is -1.55. The molecular formula is C18H29N3O. The van der Waals surface area contributed by atoms with Crippen LogP contribution in [0.15, 0.2) is 24.3 Å². The zero-order valence-corrected chi connectivity index (χ0v) is 14.0. The van der Waals surface area contributed by atoms with Gasteiger partial charge in [0.1, 0.15) is 0 Å². The molecular weight excluding hydrogens is 274 g/mol. The largest absolute Gasteiger partial charge is 0.372 e.